The van der Waals surface area contributed by atoms with Gasteiger partial charge in [-0.3, -0.25) is 4.90 Å². The van der Waals surface area contributed by atoms with E-state index in [0.717, 1.165) is 24.7 Å². The Bertz CT molecular complexity index is 1130. The molecule has 2 aliphatic rings. The van der Waals surface area contributed by atoms with Gasteiger partial charge in [0.1, 0.15) is 18.6 Å². The Balaban J connectivity index is 1.78. The number of anilines is 2. The van der Waals surface area contributed by atoms with Crippen molar-refractivity contribution in [2.45, 2.75) is 64.7 Å². The summed E-state index contributed by atoms with van der Waals surface area (Å²) in [6, 6.07) is 23.1. The van der Waals surface area contributed by atoms with Crippen molar-refractivity contribution < 1.29 is 4.57 Å². The largest absolute Gasteiger partial charge is 0.446 e. The van der Waals surface area contributed by atoms with Crippen LogP contribution in [0.5, 0.6) is 0 Å². The molecular formula is C28H35N4O+. The summed E-state index contributed by atoms with van der Waals surface area (Å²) in [5.74, 6) is 2.02. The highest BCUT2D eigenvalue weighted by molar-refractivity contribution is 5.56. The lowest BCUT2D eigenvalue weighted by atomic mass is 10.0. The molecule has 2 aliphatic heterocycles. The quantitative estimate of drug-likeness (QED) is 0.545. The first-order valence-corrected chi connectivity index (χ1v) is 11.9. The second-order valence-electron chi connectivity index (χ2n) is 11.3. The van der Waals surface area contributed by atoms with Crippen molar-refractivity contribution in [2.75, 3.05) is 22.9 Å². The van der Waals surface area contributed by atoms with Crippen molar-refractivity contribution in [3.8, 4) is 0 Å². The van der Waals surface area contributed by atoms with Gasteiger partial charge in [-0.2, -0.15) is 4.57 Å². The molecular weight excluding hydrogens is 408 g/mol. The van der Waals surface area contributed by atoms with E-state index in [-0.39, 0.29) is 28.9 Å². The van der Waals surface area contributed by atoms with Crippen LogP contribution in [0.15, 0.2) is 71.5 Å². The molecule has 0 N–H and O–H groups in total. The van der Waals surface area contributed by atoms with E-state index in [0.29, 0.717) is 0 Å². The highest BCUT2D eigenvalue weighted by Gasteiger charge is 2.48. The molecule has 0 amide bonds. The molecule has 2 unspecified atom stereocenters. The Morgan fingerprint density at radius 3 is 1.85 bits per heavy atom. The zero-order valence-corrected chi connectivity index (χ0v) is 20.6. The monoisotopic (exact) mass is 443 g/mol. The van der Waals surface area contributed by atoms with Gasteiger partial charge in [0.05, 0.1) is 18.2 Å². The van der Waals surface area contributed by atoms with Crippen LogP contribution >= 0.6 is 0 Å². The van der Waals surface area contributed by atoms with Crippen LogP contribution in [0.1, 0.15) is 64.8 Å². The van der Waals surface area contributed by atoms with Gasteiger partial charge in [0, 0.05) is 5.54 Å². The second kappa shape index (κ2) is 7.47. The molecule has 2 aromatic carbocycles. The summed E-state index contributed by atoms with van der Waals surface area (Å²) < 4.78 is 4.07. The first-order valence-electron chi connectivity index (χ1n) is 11.9. The minimum absolute atomic E-state index is 0.00849. The van der Waals surface area contributed by atoms with Crippen molar-refractivity contribution in [3.05, 3.63) is 88.3 Å². The molecule has 0 radical (unpaired) electrons. The molecule has 1 aromatic heterocycles. The number of hydrogen-bond donors (Lipinski definition) is 0. The number of hydrogen-bond acceptors (Lipinski definition) is 3. The molecule has 33 heavy (non-hydrogen) atoms. The van der Waals surface area contributed by atoms with Gasteiger partial charge in [-0.05, 0) is 52.7 Å². The zero-order valence-electron chi connectivity index (χ0n) is 20.6. The van der Waals surface area contributed by atoms with Crippen LogP contribution < -0.4 is 20.1 Å². The van der Waals surface area contributed by atoms with Crippen molar-refractivity contribution in [1.29, 1.82) is 0 Å². The summed E-state index contributed by atoms with van der Waals surface area (Å²) in [7, 11) is 0. The Morgan fingerprint density at radius 2 is 1.30 bits per heavy atom. The number of fused-ring (bicyclic) bond motifs is 2. The summed E-state index contributed by atoms with van der Waals surface area (Å²) in [5.41, 5.74) is 2.23. The lowest BCUT2D eigenvalue weighted by molar-refractivity contribution is -0.706. The number of rotatable bonds is 2. The second-order valence-corrected chi connectivity index (χ2v) is 11.3. The first kappa shape index (κ1) is 21.7. The topological polar surface area (TPSA) is 32.4 Å². The minimum atomic E-state index is -0.0966. The van der Waals surface area contributed by atoms with Crippen LogP contribution in [-0.4, -0.2) is 28.7 Å². The smallest absolute Gasteiger partial charge is 0.337 e. The van der Waals surface area contributed by atoms with Gasteiger partial charge < -0.3 is 4.90 Å². The predicted octanol–water partition coefficient (Wildman–Crippen LogP) is 4.55. The van der Waals surface area contributed by atoms with E-state index in [9.17, 15) is 4.79 Å². The standard InChI is InChI=1S/C28H35N4O/c1-27(2,3)29-18-22(20-13-9-7-10-14-20)31-24(29)17-25-30(28(4,5)6)19-23(32(25)26(31)33)21-15-11-8-12-16-21/h7-17,22-23H,18-19H2,1-6H3/q+1. The summed E-state index contributed by atoms with van der Waals surface area (Å²) in [6.07, 6.45) is 0. The van der Waals surface area contributed by atoms with Gasteiger partial charge in [-0.15, -0.1) is 0 Å². The Kier molecular flexibility index (Phi) is 4.93. The maximum absolute atomic E-state index is 14.3. The average Bonchev–Trinajstić information content (AvgIpc) is 3.35. The third-order valence-electron chi connectivity index (χ3n) is 7.04. The molecule has 0 spiro atoms. The molecule has 0 saturated heterocycles. The molecule has 5 nitrogen and oxygen atoms in total. The van der Waals surface area contributed by atoms with Crippen LogP contribution in [0.3, 0.4) is 0 Å². The molecule has 5 heteroatoms. The van der Waals surface area contributed by atoms with E-state index in [1.807, 2.05) is 21.3 Å². The molecule has 0 bridgehead atoms. The third kappa shape index (κ3) is 3.54. The van der Waals surface area contributed by atoms with Gasteiger partial charge in [0.15, 0.2) is 5.82 Å². The fourth-order valence-electron chi connectivity index (χ4n) is 5.36. The molecule has 3 heterocycles. The van der Waals surface area contributed by atoms with Crippen LogP contribution in [0, 0.1) is 0 Å². The zero-order chi connectivity index (χ0) is 23.5. The number of benzene rings is 2. The normalized spacial score (nSPS) is 20.2. The summed E-state index contributed by atoms with van der Waals surface area (Å²) in [6.45, 7) is 14.9. The Morgan fingerprint density at radius 1 is 0.758 bits per heavy atom. The van der Waals surface area contributed by atoms with Crippen molar-refractivity contribution in [3.63, 3.8) is 0 Å². The van der Waals surface area contributed by atoms with Crippen molar-refractivity contribution in [2.24, 2.45) is 0 Å². The van der Waals surface area contributed by atoms with E-state index in [2.05, 4.69) is 106 Å². The van der Waals surface area contributed by atoms with E-state index in [4.69, 9.17) is 0 Å². The summed E-state index contributed by atoms with van der Waals surface area (Å²) >= 11 is 0. The van der Waals surface area contributed by atoms with Gasteiger partial charge in [-0.25, -0.2) is 9.36 Å². The van der Waals surface area contributed by atoms with E-state index >= 15 is 0 Å². The molecule has 3 aromatic rings. The van der Waals surface area contributed by atoms with E-state index in [1.165, 1.54) is 11.1 Å². The van der Waals surface area contributed by atoms with Crippen LogP contribution in [0.25, 0.3) is 0 Å². The minimum Gasteiger partial charge on any atom is -0.337 e. The fraction of sp³-hybridized carbons (Fsp3) is 0.429. The SMILES string of the molecule is CC(C)(C)N1CC(c2ccccc2)n2c1cc1[n+](c2=O)C(c2ccccc2)CN1C(C)(C)C. The fourth-order valence-corrected chi connectivity index (χ4v) is 5.36. The molecule has 172 valence electrons. The Labute approximate surface area is 196 Å². The highest BCUT2D eigenvalue weighted by atomic mass is 16.2. The highest BCUT2D eigenvalue weighted by Crippen LogP contribution is 2.40. The third-order valence-corrected chi connectivity index (χ3v) is 7.04. The van der Waals surface area contributed by atoms with Crippen molar-refractivity contribution >= 4 is 11.6 Å². The maximum atomic E-state index is 14.3. The summed E-state index contributed by atoms with van der Waals surface area (Å²) in [4.78, 5) is 19.1. The number of aromatic nitrogens is 2. The van der Waals surface area contributed by atoms with E-state index in [1.54, 1.807) is 0 Å². The lowest BCUT2D eigenvalue weighted by Crippen LogP contribution is -2.56. The van der Waals surface area contributed by atoms with E-state index < -0.39 is 0 Å². The molecule has 5 rings (SSSR count). The van der Waals surface area contributed by atoms with Crippen LogP contribution in [-0.2, 0) is 0 Å². The molecule has 2 atom stereocenters. The van der Waals surface area contributed by atoms with Gasteiger partial charge in [-0.1, -0.05) is 60.7 Å². The van der Waals surface area contributed by atoms with Crippen LogP contribution in [0.2, 0.25) is 0 Å². The van der Waals surface area contributed by atoms with Gasteiger partial charge >= 0.3 is 5.69 Å². The molecule has 0 saturated carbocycles. The molecule has 0 fully saturated rings. The van der Waals surface area contributed by atoms with Crippen molar-refractivity contribution in [1.82, 2.24) is 4.57 Å². The average molecular weight is 444 g/mol. The lowest BCUT2D eigenvalue weighted by Gasteiger charge is -2.33. The summed E-state index contributed by atoms with van der Waals surface area (Å²) in [5, 5.41) is 0. The maximum Gasteiger partial charge on any atom is 0.446 e. The number of nitrogens with zero attached hydrogens (tertiary/aromatic N) is 4. The Hall–Kier alpha value is -3.08. The molecule has 0 aliphatic carbocycles. The van der Waals surface area contributed by atoms with Crippen LogP contribution in [0.4, 0.5) is 11.6 Å². The van der Waals surface area contributed by atoms with Gasteiger partial charge in [0.25, 0.3) is 0 Å². The predicted molar refractivity (Wildman–Crippen MR) is 134 cm³/mol. The first-order chi connectivity index (χ1) is 15.6. The van der Waals surface area contributed by atoms with Gasteiger partial charge in [0.2, 0.25) is 5.82 Å².